The predicted octanol–water partition coefficient (Wildman–Crippen LogP) is 5.21. The van der Waals surface area contributed by atoms with E-state index in [-0.39, 0.29) is 11.4 Å². The fourth-order valence-electron chi connectivity index (χ4n) is 2.86. The highest BCUT2D eigenvalue weighted by Crippen LogP contribution is 2.20. The highest BCUT2D eigenvalue weighted by molar-refractivity contribution is 7.82. The van der Waals surface area contributed by atoms with Crippen molar-refractivity contribution in [3.05, 3.63) is 95.6 Å². The number of carbonyl (C=O) groups excluding carboxylic acids is 2. The minimum atomic E-state index is -0.603. The number of benzene rings is 3. The first kappa shape index (κ1) is 22.3. The van der Waals surface area contributed by atoms with Crippen LogP contribution < -0.4 is 14.9 Å². The largest absolute Gasteiger partial charge is 0.337 e. The topological polar surface area (TPSA) is 61.4 Å². The van der Waals surface area contributed by atoms with Gasteiger partial charge in [-0.05, 0) is 66.9 Å². The third-order valence-electron chi connectivity index (χ3n) is 4.51. The average Bonchev–Trinajstić information content (AvgIpc) is 2.78. The normalized spacial score (nSPS) is 10.4. The third kappa shape index (κ3) is 6.29. The predicted molar refractivity (Wildman–Crippen MR) is 120 cm³/mol. The van der Waals surface area contributed by atoms with Gasteiger partial charge in [0.1, 0.15) is 11.6 Å². The van der Waals surface area contributed by atoms with Crippen molar-refractivity contribution >= 4 is 36.1 Å². The van der Waals surface area contributed by atoms with Gasteiger partial charge in [-0.1, -0.05) is 37.1 Å². The summed E-state index contributed by atoms with van der Waals surface area (Å²) in [5, 5.41) is 5.37. The second-order valence-corrected chi connectivity index (χ2v) is 7.15. The maximum absolute atomic E-state index is 13.7. The molecular weight excluding hydrogens is 420 g/mol. The lowest BCUT2D eigenvalue weighted by Gasteiger charge is -2.17. The number of urea groups is 1. The van der Waals surface area contributed by atoms with Gasteiger partial charge >= 0.3 is 6.03 Å². The Balaban J connectivity index is 1.48. The van der Waals surface area contributed by atoms with Crippen LogP contribution in [0.5, 0.6) is 0 Å². The van der Waals surface area contributed by atoms with Crippen molar-refractivity contribution in [2.45, 2.75) is 12.8 Å². The molecule has 0 aromatic heterocycles. The maximum Gasteiger partial charge on any atom is 0.331 e. The van der Waals surface area contributed by atoms with E-state index >= 15 is 0 Å². The molecule has 0 atom stereocenters. The minimum Gasteiger partial charge on any atom is -0.337 e. The van der Waals surface area contributed by atoms with E-state index in [1.165, 1.54) is 30.3 Å². The van der Waals surface area contributed by atoms with Gasteiger partial charge in [0.25, 0.3) is 5.91 Å². The van der Waals surface area contributed by atoms with E-state index < -0.39 is 17.8 Å². The van der Waals surface area contributed by atoms with Crippen LogP contribution in [-0.2, 0) is 6.42 Å². The number of hydrogen-bond acceptors (Lipinski definition) is 3. The Morgan fingerprint density at radius 1 is 0.903 bits per heavy atom. The number of thiol groups is 1. The standard InChI is InChI=1S/C23H21F2N3O2S/c24-17-9-7-16(8-10-17)4-3-15-26-23(30)28(31)19-13-11-18(12-14-19)27-22(29)20-5-1-2-6-21(20)25/h1-2,5-14,31H,3-4,15H2,(H,26,30)(H,27,29). The SMILES string of the molecule is O=C(Nc1ccc(N(S)C(=O)NCCCc2ccc(F)cc2)cc1)c1ccccc1F. The average molecular weight is 442 g/mol. The number of aryl methyl sites for hydroxylation is 1. The summed E-state index contributed by atoms with van der Waals surface area (Å²) in [6.45, 7) is 0.435. The second-order valence-electron chi connectivity index (χ2n) is 6.75. The lowest BCUT2D eigenvalue weighted by atomic mass is 10.1. The summed E-state index contributed by atoms with van der Waals surface area (Å²) < 4.78 is 27.8. The number of nitrogens with zero attached hydrogens (tertiary/aromatic N) is 1. The molecule has 0 heterocycles. The van der Waals surface area contributed by atoms with Crippen molar-refractivity contribution in [3.63, 3.8) is 0 Å². The lowest BCUT2D eigenvalue weighted by molar-refractivity contribution is 0.102. The van der Waals surface area contributed by atoms with Crippen molar-refractivity contribution in [2.75, 3.05) is 16.2 Å². The molecule has 3 amide bonds. The summed E-state index contributed by atoms with van der Waals surface area (Å²) in [4.78, 5) is 24.4. The summed E-state index contributed by atoms with van der Waals surface area (Å²) >= 11 is 4.22. The smallest absolute Gasteiger partial charge is 0.331 e. The van der Waals surface area contributed by atoms with Gasteiger partial charge in [-0.25, -0.2) is 17.9 Å². The first-order valence-corrected chi connectivity index (χ1v) is 10.0. The summed E-state index contributed by atoms with van der Waals surface area (Å²) in [6.07, 6.45) is 1.41. The number of carbonyl (C=O) groups is 2. The Hall–Kier alpha value is -3.39. The van der Waals surface area contributed by atoms with E-state index in [1.54, 1.807) is 42.5 Å². The van der Waals surface area contributed by atoms with Gasteiger partial charge in [0, 0.05) is 12.2 Å². The molecule has 3 aromatic rings. The maximum atomic E-state index is 13.7. The quantitative estimate of drug-likeness (QED) is 0.348. The number of anilines is 2. The second kappa shape index (κ2) is 10.6. The first-order valence-electron chi connectivity index (χ1n) is 9.61. The number of nitrogens with one attached hydrogen (secondary N) is 2. The molecule has 2 N–H and O–H groups in total. The van der Waals surface area contributed by atoms with E-state index in [4.69, 9.17) is 0 Å². The molecule has 0 spiro atoms. The Bertz CT molecular complexity index is 1040. The van der Waals surface area contributed by atoms with Gasteiger partial charge < -0.3 is 10.6 Å². The van der Waals surface area contributed by atoms with Gasteiger partial charge in [0.2, 0.25) is 0 Å². The molecular formula is C23H21F2N3O2S. The highest BCUT2D eigenvalue weighted by atomic mass is 32.1. The Kier molecular flexibility index (Phi) is 7.61. The molecule has 3 rings (SSSR count). The fraction of sp³-hybridized carbons (Fsp3) is 0.130. The Morgan fingerprint density at radius 2 is 1.58 bits per heavy atom. The zero-order valence-corrected chi connectivity index (χ0v) is 17.4. The molecule has 0 radical (unpaired) electrons. The van der Waals surface area contributed by atoms with Gasteiger partial charge in [-0.3, -0.25) is 4.79 Å². The molecule has 160 valence electrons. The molecule has 0 aliphatic carbocycles. The molecule has 8 heteroatoms. The minimum absolute atomic E-state index is 0.0533. The summed E-state index contributed by atoms with van der Waals surface area (Å²) in [7, 11) is 0. The molecule has 0 bridgehead atoms. The van der Waals surface area contributed by atoms with Gasteiger partial charge in [0.05, 0.1) is 11.3 Å². The van der Waals surface area contributed by atoms with Crippen LogP contribution >= 0.6 is 12.8 Å². The van der Waals surface area contributed by atoms with E-state index in [2.05, 4.69) is 23.4 Å². The van der Waals surface area contributed by atoms with Crippen LogP contribution in [0.4, 0.5) is 25.0 Å². The van der Waals surface area contributed by atoms with E-state index in [1.807, 2.05) is 0 Å². The van der Waals surface area contributed by atoms with Gasteiger partial charge in [-0.15, -0.1) is 0 Å². The molecule has 0 fully saturated rings. The Labute approximate surface area is 184 Å². The molecule has 5 nitrogen and oxygen atoms in total. The molecule has 3 aromatic carbocycles. The van der Waals surface area contributed by atoms with E-state index in [0.717, 1.165) is 9.87 Å². The van der Waals surface area contributed by atoms with Gasteiger partial charge in [0.15, 0.2) is 0 Å². The van der Waals surface area contributed by atoms with Crippen LogP contribution in [0, 0.1) is 11.6 Å². The van der Waals surface area contributed by atoms with Crippen LogP contribution in [0.25, 0.3) is 0 Å². The van der Waals surface area contributed by atoms with Crippen molar-refractivity contribution in [1.82, 2.24) is 5.32 Å². The zero-order chi connectivity index (χ0) is 22.2. The van der Waals surface area contributed by atoms with E-state index in [9.17, 15) is 18.4 Å². The van der Waals surface area contributed by atoms with Crippen LogP contribution in [-0.4, -0.2) is 18.5 Å². The highest BCUT2D eigenvalue weighted by Gasteiger charge is 2.13. The van der Waals surface area contributed by atoms with E-state index in [0.29, 0.717) is 30.8 Å². The Morgan fingerprint density at radius 3 is 2.26 bits per heavy atom. The summed E-state index contributed by atoms with van der Waals surface area (Å²) in [6, 6.07) is 18.0. The van der Waals surface area contributed by atoms with Crippen molar-refractivity contribution in [2.24, 2.45) is 0 Å². The molecule has 0 saturated carbocycles. The third-order valence-corrected chi connectivity index (χ3v) is 4.92. The monoisotopic (exact) mass is 441 g/mol. The van der Waals surface area contributed by atoms with Crippen molar-refractivity contribution in [3.8, 4) is 0 Å². The summed E-state index contributed by atoms with van der Waals surface area (Å²) in [5.74, 6) is -1.44. The molecule has 0 unspecified atom stereocenters. The number of rotatable bonds is 7. The van der Waals surface area contributed by atoms with Crippen molar-refractivity contribution in [1.29, 1.82) is 0 Å². The first-order chi connectivity index (χ1) is 14.9. The molecule has 0 aliphatic heterocycles. The van der Waals surface area contributed by atoms with Crippen LogP contribution in [0.15, 0.2) is 72.8 Å². The molecule has 0 saturated heterocycles. The lowest BCUT2D eigenvalue weighted by Crippen LogP contribution is -2.34. The fourth-order valence-corrected chi connectivity index (χ4v) is 3.06. The number of halogens is 2. The van der Waals surface area contributed by atoms with Crippen LogP contribution in [0.1, 0.15) is 22.3 Å². The molecule has 0 aliphatic rings. The van der Waals surface area contributed by atoms with Gasteiger partial charge in [-0.2, -0.15) is 0 Å². The summed E-state index contributed by atoms with van der Waals surface area (Å²) in [5.41, 5.74) is 1.90. The number of amides is 3. The zero-order valence-electron chi connectivity index (χ0n) is 16.5. The van der Waals surface area contributed by atoms with Crippen molar-refractivity contribution < 1.29 is 18.4 Å². The molecule has 31 heavy (non-hydrogen) atoms. The van der Waals surface area contributed by atoms with Crippen LogP contribution in [0.2, 0.25) is 0 Å². The number of hydrogen-bond donors (Lipinski definition) is 3. The van der Waals surface area contributed by atoms with Crippen LogP contribution in [0.3, 0.4) is 0 Å².